The van der Waals surface area contributed by atoms with Crippen LogP contribution < -0.4 is 0 Å². The molecule has 4 nitrogen and oxygen atoms in total. The molecule has 1 rings (SSSR count). The smallest absolute Gasteiger partial charge is 0.344 e. The molecule has 0 aromatic heterocycles. The predicted octanol–water partition coefficient (Wildman–Crippen LogP) is 6.31. The summed E-state index contributed by atoms with van der Waals surface area (Å²) in [4.78, 5) is 25.3. The molecule has 1 fully saturated rings. The SMILES string of the molecule is CCC(C)(C)CC(C(=O)OCC(=O)OC(C)(C)C1CCCCC1)C(C)(C)CC. The Labute approximate surface area is 173 Å². The third kappa shape index (κ3) is 7.40. The molecule has 0 aliphatic heterocycles. The van der Waals surface area contributed by atoms with Gasteiger partial charge >= 0.3 is 11.9 Å². The van der Waals surface area contributed by atoms with E-state index in [0.717, 1.165) is 32.1 Å². The standard InChI is InChI=1S/C24H44O4/c1-9-22(3,4)16-19(23(5,6)10-2)21(26)27-17-20(25)28-24(7,8)18-14-12-11-13-15-18/h18-19H,9-17H2,1-8H3. The minimum atomic E-state index is -0.504. The van der Waals surface area contributed by atoms with Crippen molar-refractivity contribution in [3.8, 4) is 0 Å². The summed E-state index contributed by atoms with van der Waals surface area (Å²) in [6.07, 6.45) is 8.48. The number of carbonyl (C=O) groups is 2. The van der Waals surface area contributed by atoms with Crippen LogP contribution in [0.1, 0.15) is 107 Å². The van der Waals surface area contributed by atoms with Crippen molar-refractivity contribution in [1.29, 1.82) is 0 Å². The molecule has 0 saturated heterocycles. The Bertz CT molecular complexity index is 513. The molecule has 0 bridgehead atoms. The third-order valence-electron chi connectivity index (χ3n) is 7.15. The van der Waals surface area contributed by atoms with Crippen molar-refractivity contribution in [3.05, 3.63) is 0 Å². The molecule has 0 spiro atoms. The van der Waals surface area contributed by atoms with Crippen LogP contribution in [0.25, 0.3) is 0 Å². The van der Waals surface area contributed by atoms with Crippen LogP contribution in [0.2, 0.25) is 0 Å². The zero-order valence-electron chi connectivity index (χ0n) is 19.7. The fourth-order valence-corrected chi connectivity index (χ4v) is 4.06. The molecule has 1 atom stereocenters. The first-order chi connectivity index (χ1) is 12.8. The Morgan fingerprint density at radius 1 is 0.929 bits per heavy atom. The first-order valence-corrected chi connectivity index (χ1v) is 11.2. The molecule has 164 valence electrons. The summed E-state index contributed by atoms with van der Waals surface area (Å²) in [5, 5.41) is 0. The molecule has 1 aliphatic carbocycles. The van der Waals surface area contributed by atoms with Gasteiger partial charge in [0.05, 0.1) is 5.92 Å². The molecule has 28 heavy (non-hydrogen) atoms. The lowest BCUT2D eigenvalue weighted by molar-refractivity contribution is -0.176. The minimum Gasteiger partial charge on any atom is -0.457 e. The molecule has 0 aromatic rings. The van der Waals surface area contributed by atoms with Gasteiger partial charge in [-0.3, -0.25) is 4.79 Å². The van der Waals surface area contributed by atoms with E-state index in [1.54, 1.807) is 0 Å². The van der Waals surface area contributed by atoms with Crippen molar-refractivity contribution in [2.24, 2.45) is 22.7 Å². The van der Waals surface area contributed by atoms with E-state index in [-0.39, 0.29) is 29.3 Å². The van der Waals surface area contributed by atoms with Crippen LogP contribution in [0.15, 0.2) is 0 Å². The van der Waals surface area contributed by atoms with Gasteiger partial charge in [0.15, 0.2) is 6.61 Å². The van der Waals surface area contributed by atoms with Crippen molar-refractivity contribution >= 4 is 11.9 Å². The quantitative estimate of drug-likeness (QED) is 0.406. The Kier molecular flexibility index (Phi) is 9.02. The minimum absolute atomic E-state index is 0.0552. The largest absolute Gasteiger partial charge is 0.457 e. The number of esters is 2. The van der Waals surface area contributed by atoms with Gasteiger partial charge in [-0.15, -0.1) is 0 Å². The highest BCUT2D eigenvalue weighted by Gasteiger charge is 2.39. The Morgan fingerprint density at radius 2 is 1.50 bits per heavy atom. The highest BCUT2D eigenvalue weighted by Crippen LogP contribution is 2.41. The zero-order chi connectivity index (χ0) is 21.6. The van der Waals surface area contributed by atoms with Crippen LogP contribution in [0, 0.1) is 22.7 Å². The van der Waals surface area contributed by atoms with Gasteiger partial charge in [-0.25, -0.2) is 4.79 Å². The van der Waals surface area contributed by atoms with Crippen molar-refractivity contribution in [1.82, 2.24) is 0 Å². The summed E-state index contributed by atoms with van der Waals surface area (Å²) >= 11 is 0. The van der Waals surface area contributed by atoms with E-state index in [9.17, 15) is 9.59 Å². The third-order valence-corrected chi connectivity index (χ3v) is 7.15. The lowest BCUT2D eigenvalue weighted by Gasteiger charge is -2.37. The van der Waals surface area contributed by atoms with Gasteiger partial charge in [0, 0.05) is 0 Å². The second-order valence-electron chi connectivity index (χ2n) is 10.6. The maximum absolute atomic E-state index is 12.9. The summed E-state index contributed by atoms with van der Waals surface area (Å²) in [6, 6.07) is 0. The molecule has 0 radical (unpaired) electrons. The Balaban J connectivity index is 2.68. The maximum atomic E-state index is 12.9. The second-order valence-corrected chi connectivity index (χ2v) is 10.6. The molecule has 0 amide bonds. The van der Waals surface area contributed by atoms with E-state index in [1.165, 1.54) is 19.3 Å². The first-order valence-electron chi connectivity index (χ1n) is 11.2. The van der Waals surface area contributed by atoms with Crippen LogP contribution in [-0.4, -0.2) is 24.1 Å². The summed E-state index contributed by atoms with van der Waals surface area (Å²) < 4.78 is 11.2. The van der Waals surface area contributed by atoms with Crippen molar-refractivity contribution in [2.45, 2.75) is 112 Å². The van der Waals surface area contributed by atoms with Gasteiger partial charge < -0.3 is 9.47 Å². The van der Waals surface area contributed by atoms with E-state index in [2.05, 4.69) is 41.5 Å². The molecule has 4 heteroatoms. The van der Waals surface area contributed by atoms with Crippen molar-refractivity contribution in [2.75, 3.05) is 6.61 Å². The summed E-state index contributed by atoms with van der Waals surface area (Å²) in [6.45, 7) is 16.5. The van der Waals surface area contributed by atoms with E-state index >= 15 is 0 Å². The number of hydrogen-bond acceptors (Lipinski definition) is 4. The van der Waals surface area contributed by atoms with Gasteiger partial charge in [0.25, 0.3) is 0 Å². The number of ether oxygens (including phenoxy) is 2. The van der Waals surface area contributed by atoms with E-state index in [0.29, 0.717) is 5.92 Å². The number of rotatable bonds is 10. The van der Waals surface area contributed by atoms with Gasteiger partial charge in [-0.1, -0.05) is 73.6 Å². The van der Waals surface area contributed by atoms with Crippen molar-refractivity contribution in [3.63, 3.8) is 0 Å². The van der Waals surface area contributed by atoms with E-state index < -0.39 is 11.6 Å². The summed E-state index contributed by atoms with van der Waals surface area (Å²) in [7, 11) is 0. The van der Waals surface area contributed by atoms with Gasteiger partial charge in [-0.2, -0.15) is 0 Å². The molecule has 1 saturated carbocycles. The Morgan fingerprint density at radius 3 is 2.00 bits per heavy atom. The van der Waals surface area contributed by atoms with Crippen LogP contribution >= 0.6 is 0 Å². The highest BCUT2D eigenvalue weighted by molar-refractivity contribution is 5.78. The number of carbonyl (C=O) groups excluding carboxylic acids is 2. The molecule has 1 unspecified atom stereocenters. The van der Waals surface area contributed by atoms with Crippen LogP contribution in [0.3, 0.4) is 0 Å². The molecular weight excluding hydrogens is 352 g/mol. The van der Waals surface area contributed by atoms with Crippen LogP contribution in [0.5, 0.6) is 0 Å². The highest BCUT2D eigenvalue weighted by atomic mass is 16.6. The van der Waals surface area contributed by atoms with Crippen LogP contribution in [-0.2, 0) is 19.1 Å². The molecular formula is C24H44O4. The summed E-state index contributed by atoms with van der Waals surface area (Å²) in [5.74, 6) is -0.558. The zero-order valence-corrected chi connectivity index (χ0v) is 19.7. The fraction of sp³-hybridized carbons (Fsp3) is 0.917. The first kappa shape index (κ1) is 25.0. The average Bonchev–Trinajstić information content (AvgIpc) is 2.64. The normalized spacial score (nSPS) is 17.9. The molecule has 0 aromatic carbocycles. The molecule has 0 heterocycles. The lowest BCUT2D eigenvalue weighted by Crippen LogP contribution is -2.40. The average molecular weight is 397 g/mol. The maximum Gasteiger partial charge on any atom is 0.344 e. The topological polar surface area (TPSA) is 52.6 Å². The van der Waals surface area contributed by atoms with Gasteiger partial charge in [0.1, 0.15) is 5.60 Å². The Hall–Kier alpha value is -1.06. The predicted molar refractivity (Wildman–Crippen MR) is 114 cm³/mol. The monoisotopic (exact) mass is 396 g/mol. The van der Waals surface area contributed by atoms with E-state index in [4.69, 9.17) is 9.47 Å². The van der Waals surface area contributed by atoms with Crippen molar-refractivity contribution < 1.29 is 19.1 Å². The lowest BCUT2D eigenvalue weighted by atomic mass is 9.68. The summed E-state index contributed by atoms with van der Waals surface area (Å²) in [5.41, 5.74) is -0.620. The van der Waals surface area contributed by atoms with Gasteiger partial charge in [0.2, 0.25) is 0 Å². The second kappa shape index (κ2) is 10.1. The molecule has 0 N–H and O–H groups in total. The molecule has 1 aliphatic rings. The number of hydrogen-bond donors (Lipinski definition) is 0. The van der Waals surface area contributed by atoms with E-state index in [1.807, 2.05) is 13.8 Å². The fourth-order valence-electron chi connectivity index (χ4n) is 4.06. The van der Waals surface area contributed by atoms with Gasteiger partial charge in [-0.05, 0) is 49.9 Å². The van der Waals surface area contributed by atoms with Crippen LogP contribution in [0.4, 0.5) is 0 Å².